The second-order valence-corrected chi connectivity index (χ2v) is 3.65. The van der Waals surface area contributed by atoms with E-state index >= 15 is 0 Å². The first kappa shape index (κ1) is 10.8. The molecule has 0 aliphatic carbocycles. The van der Waals surface area contributed by atoms with Crippen molar-refractivity contribution in [3.63, 3.8) is 0 Å². The van der Waals surface area contributed by atoms with E-state index in [9.17, 15) is 0 Å². The van der Waals surface area contributed by atoms with E-state index in [1.165, 1.54) is 0 Å². The Morgan fingerprint density at radius 3 is 2.38 bits per heavy atom. The van der Waals surface area contributed by atoms with E-state index in [1.807, 2.05) is 24.3 Å². The van der Waals surface area contributed by atoms with Crippen LogP contribution in [0.3, 0.4) is 0 Å². The molecule has 2 rings (SSSR count). The minimum Gasteiger partial charge on any atom is -0.319 e. The van der Waals surface area contributed by atoms with Crippen molar-refractivity contribution >= 4 is 24.0 Å². The first-order valence-corrected chi connectivity index (χ1v) is 4.35. The molecular formula is C9H12Cl2N2. The zero-order valence-corrected chi connectivity index (χ0v) is 8.66. The summed E-state index contributed by atoms with van der Waals surface area (Å²) in [6, 6.07) is 7.75. The highest BCUT2D eigenvalue weighted by Gasteiger charge is 2.35. The average molecular weight is 219 g/mol. The molecule has 0 saturated carbocycles. The van der Waals surface area contributed by atoms with E-state index in [2.05, 4.69) is 5.32 Å². The number of hydrogen-bond acceptors (Lipinski definition) is 2. The topological polar surface area (TPSA) is 38.0 Å². The van der Waals surface area contributed by atoms with Crippen LogP contribution < -0.4 is 11.1 Å². The minimum absolute atomic E-state index is 0. The molecule has 1 aromatic rings. The average Bonchev–Trinajstić information content (AvgIpc) is 2.01. The maximum absolute atomic E-state index is 6.08. The van der Waals surface area contributed by atoms with Crippen molar-refractivity contribution in [1.82, 2.24) is 5.32 Å². The number of benzene rings is 1. The molecule has 1 saturated heterocycles. The maximum Gasteiger partial charge on any atom is 0.0676 e. The quantitative estimate of drug-likeness (QED) is 0.751. The van der Waals surface area contributed by atoms with E-state index in [0.717, 1.165) is 23.7 Å². The molecule has 1 aliphatic heterocycles. The van der Waals surface area contributed by atoms with Gasteiger partial charge in [0, 0.05) is 18.1 Å². The monoisotopic (exact) mass is 218 g/mol. The lowest BCUT2D eigenvalue weighted by molar-refractivity contribution is 0.287. The third-order valence-electron chi connectivity index (χ3n) is 2.29. The predicted octanol–water partition coefficient (Wildman–Crippen LogP) is 1.52. The van der Waals surface area contributed by atoms with E-state index in [0.29, 0.717) is 0 Å². The van der Waals surface area contributed by atoms with Gasteiger partial charge in [-0.15, -0.1) is 12.4 Å². The molecule has 13 heavy (non-hydrogen) atoms. The molecule has 1 heterocycles. The predicted molar refractivity (Wildman–Crippen MR) is 57.4 cm³/mol. The second-order valence-electron chi connectivity index (χ2n) is 3.24. The van der Waals surface area contributed by atoms with Crippen LogP contribution in [-0.2, 0) is 5.54 Å². The number of hydrogen-bond donors (Lipinski definition) is 2. The van der Waals surface area contributed by atoms with Gasteiger partial charge in [-0.05, 0) is 11.6 Å². The Labute approximate surface area is 88.9 Å². The van der Waals surface area contributed by atoms with Crippen LogP contribution in [0.5, 0.6) is 0 Å². The molecule has 0 atom stereocenters. The summed E-state index contributed by atoms with van der Waals surface area (Å²) in [5.41, 5.74) is 6.89. The molecular weight excluding hydrogens is 207 g/mol. The highest BCUT2D eigenvalue weighted by molar-refractivity contribution is 6.31. The Hall–Kier alpha value is -0.280. The van der Waals surface area contributed by atoms with Crippen molar-refractivity contribution in [2.75, 3.05) is 13.1 Å². The van der Waals surface area contributed by atoms with Crippen LogP contribution in [0.1, 0.15) is 5.56 Å². The number of nitrogens with one attached hydrogen (secondary N) is 1. The summed E-state index contributed by atoms with van der Waals surface area (Å²) in [6.45, 7) is 1.63. The molecule has 1 fully saturated rings. The van der Waals surface area contributed by atoms with E-state index in [-0.39, 0.29) is 17.9 Å². The number of rotatable bonds is 1. The maximum atomic E-state index is 6.08. The standard InChI is InChI=1S/C9H11ClN2.ClH/c10-8-4-2-1-3-7(8)9(11)5-12-6-9;/h1-4,12H,5-6,11H2;1H. The lowest BCUT2D eigenvalue weighted by Gasteiger charge is -2.39. The molecule has 0 spiro atoms. The van der Waals surface area contributed by atoms with Crippen LogP contribution in [0.2, 0.25) is 5.02 Å². The summed E-state index contributed by atoms with van der Waals surface area (Å²) in [7, 11) is 0. The first-order chi connectivity index (χ1) is 5.72. The summed E-state index contributed by atoms with van der Waals surface area (Å²) in [5, 5.41) is 3.91. The Kier molecular flexibility index (Phi) is 3.19. The zero-order chi connectivity index (χ0) is 8.60. The van der Waals surface area contributed by atoms with Crippen LogP contribution in [0.4, 0.5) is 0 Å². The minimum atomic E-state index is -0.238. The van der Waals surface area contributed by atoms with Gasteiger partial charge in [0.1, 0.15) is 0 Å². The Morgan fingerprint density at radius 1 is 1.31 bits per heavy atom. The molecule has 0 amide bonds. The normalized spacial score (nSPS) is 18.6. The fourth-order valence-corrected chi connectivity index (χ4v) is 1.77. The van der Waals surface area contributed by atoms with E-state index in [1.54, 1.807) is 0 Å². The van der Waals surface area contributed by atoms with Crippen molar-refractivity contribution in [2.45, 2.75) is 5.54 Å². The molecule has 0 radical (unpaired) electrons. The van der Waals surface area contributed by atoms with Gasteiger partial charge in [-0.1, -0.05) is 29.8 Å². The number of halogens is 2. The third kappa shape index (κ3) is 1.81. The van der Waals surface area contributed by atoms with Crippen molar-refractivity contribution in [2.24, 2.45) is 5.73 Å². The Morgan fingerprint density at radius 2 is 1.92 bits per heavy atom. The Bertz CT molecular complexity index is 297. The van der Waals surface area contributed by atoms with Crippen molar-refractivity contribution < 1.29 is 0 Å². The second kappa shape index (κ2) is 3.84. The first-order valence-electron chi connectivity index (χ1n) is 3.97. The van der Waals surface area contributed by atoms with Gasteiger partial charge in [0.05, 0.1) is 5.54 Å². The highest BCUT2D eigenvalue weighted by atomic mass is 35.5. The fraction of sp³-hybridized carbons (Fsp3) is 0.333. The third-order valence-corrected chi connectivity index (χ3v) is 2.62. The summed E-state index contributed by atoms with van der Waals surface area (Å²) in [4.78, 5) is 0. The zero-order valence-electron chi connectivity index (χ0n) is 7.09. The van der Waals surface area contributed by atoms with Gasteiger partial charge in [0.25, 0.3) is 0 Å². The van der Waals surface area contributed by atoms with Crippen LogP contribution >= 0.6 is 24.0 Å². The van der Waals surface area contributed by atoms with Crippen molar-refractivity contribution in [3.8, 4) is 0 Å². The summed E-state index contributed by atoms with van der Waals surface area (Å²) < 4.78 is 0. The molecule has 2 nitrogen and oxygen atoms in total. The summed E-state index contributed by atoms with van der Waals surface area (Å²) in [5.74, 6) is 0. The van der Waals surface area contributed by atoms with Gasteiger partial charge in [0.15, 0.2) is 0 Å². The SMILES string of the molecule is Cl.NC1(c2ccccc2Cl)CNC1. The van der Waals surface area contributed by atoms with Crippen LogP contribution in [0, 0.1) is 0 Å². The Balaban J connectivity index is 0.000000845. The van der Waals surface area contributed by atoms with Crippen molar-refractivity contribution in [1.29, 1.82) is 0 Å². The highest BCUT2D eigenvalue weighted by Crippen LogP contribution is 2.28. The fourth-order valence-electron chi connectivity index (χ4n) is 1.45. The van der Waals surface area contributed by atoms with E-state index < -0.39 is 0 Å². The summed E-state index contributed by atoms with van der Waals surface area (Å²) in [6.07, 6.45) is 0. The molecule has 3 N–H and O–H groups in total. The van der Waals surface area contributed by atoms with Gasteiger partial charge in [0.2, 0.25) is 0 Å². The lowest BCUT2D eigenvalue weighted by atomic mass is 9.85. The molecule has 0 aromatic heterocycles. The largest absolute Gasteiger partial charge is 0.319 e. The van der Waals surface area contributed by atoms with Gasteiger partial charge in [-0.2, -0.15) is 0 Å². The van der Waals surface area contributed by atoms with Crippen LogP contribution in [0.15, 0.2) is 24.3 Å². The molecule has 0 unspecified atom stereocenters. The van der Waals surface area contributed by atoms with Crippen molar-refractivity contribution in [3.05, 3.63) is 34.9 Å². The van der Waals surface area contributed by atoms with Gasteiger partial charge < -0.3 is 11.1 Å². The molecule has 1 aromatic carbocycles. The van der Waals surface area contributed by atoms with E-state index in [4.69, 9.17) is 17.3 Å². The smallest absolute Gasteiger partial charge is 0.0676 e. The molecule has 4 heteroatoms. The molecule has 0 bridgehead atoms. The van der Waals surface area contributed by atoms with Gasteiger partial charge in [-0.3, -0.25) is 0 Å². The van der Waals surface area contributed by atoms with Gasteiger partial charge >= 0.3 is 0 Å². The summed E-state index contributed by atoms with van der Waals surface area (Å²) >= 11 is 6.01. The number of nitrogens with two attached hydrogens (primary N) is 1. The lowest BCUT2D eigenvalue weighted by Crippen LogP contribution is -2.62. The molecule has 1 aliphatic rings. The molecule has 72 valence electrons. The van der Waals surface area contributed by atoms with Crippen LogP contribution in [-0.4, -0.2) is 13.1 Å². The van der Waals surface area contributed by atoms with Crippen LogP contribution in [0.25, 0.3) is 0 Å². The van der Waals surface area contributed by atoms with Gasteiger partial charge in [-0.25, -0.2) is 0 Å².